The normalized spacial score (nSPS) is 20.3. The van der Waals surface area contributed by atoms with Gasteiger partial charge in [-0.05, 0) is 48.8 Å². The standard InChI is InChI=1S/C13H22BrN5/c1-3-6-15-12-11(14)13(17-9-16-12)18-10-5-4-7-19(2)8-10/h9-10H,3-8H2,1-2H3,(H2,15,16,17,18). The number of rotatable bonds is 5. The second-order valence-corrected chi connectivity index (χ2v) is 5.85. The van der Waals surface area contributed by atoms with Gasteiger partial charge in [-0.3, -0.25) is 0 Å². The molecule has 1 unspecified atom stereocenters. The van der Waals surface area contributed by atoms with Crippen LogP contribution in [-0.2, 0) is 0 Å². The summed E-state index contributed by atoms with van der Waals surface area (Å²) in [6.07, 6.45) is 5.11. The van der Waals surface area contributed by atoms with Crippen molar-refractivity contribution < 1.29 is 0 Å². The Morgan fingerprint density at radius 2 is 2.21 bits per heavy atom. The van der Waals surface area contributed by atoms with E-state index in [1.165, 1.54) is 19.4 Å². The molecule has 1 aromatic rings. The van der Waals surface area contributed by atoms with E-state index in [2.05, 4.69) is 55.4 Å². The van der Waals surface area contributed by atoms with E-state index < -0.39 is 0 Å². The Kier molecular flexibility index (Phi) is 5.39. The summed E-state index contributed by atoms with van der Waals surface area (Å²) in [6.45, 7) is 5.31. The molecule has 19 heavy (non-hydrogen) atoms. The van der Waals surface area contributed by atoms with E-state index in [0.717, 1.165) is 35.6 Å². The van der Waals surface area contributed by atoms with E-state index in [9.17, 15) is 0 Å². The van der Waals surface area contributed by atoms with Crippen molar-refractivity contribution in [2.24, 2.45) is 0 Å². The molecule has 0 bridgehead atoms. The van der Waals surface area contributed by atoms with Crippen LogP contribution in [0.15, 0.2) is 10.8 Å². The van der Waals surface area contributed by atoms with Gasteiger partial charge in [-0.1, -0.05) is 6.92 Å². The van der Waals surface area contributed by atoms with E-state index in [1.807, 2.05) is 0 Å². The fraction of sp³-hybridized carbons (Fsp3) is 0.692. The number of hydrogen-bond acceptors (Lipinski definition) is 5. The molecule has 0 aromatic carbocycles. The third-order valence-electron chi connectivity index (χ3n) is 3.30. The van der Waals surface area contributed by atoms with Gasteiger partial charge in [-0.15, -0.1) is 0 Å². The van der Waals surface area contributed by atoms with Crippen LogP contribution in [0.3, 0.4) is 0 Å². The van der Waals surface area contributed by atoms with Crippen LogP contribution in [0.2, 0.25) is 0 Å². The average molecular weight is 328 g/mol. The Morgan fingerprint density at radius 1 is 1.42 bits per heavy atom. The maximum atomic E-state index is 4.34. The summed E-state index contributed by atoms with van der Waals surface area (Å²) in [5.74, 6) is 1.75. The van der Waals surface area contributed by atoms with Crippen molar-refractivity contribution in [1.82, 2.24) is 14.9 Å². The van der Waals surface area contributed by atoms with Crippen molar-refractivity contribution in [3.8, 4) is 0 Å². The lowest BCUT2D eigenvalue weighted by atomic mass is 10.1. The Balaban J connectivity index is 2.03. The largest absolute Gasteiger partial charge is 0.369 e. The van der Waals surface area contributed by atoms with Crippen LogP contribution in [0, 0.1) is 0 Å². The Morgan fingerprint density at radius 3 is 2.95 bits per heavy atom. The highest BCUT2D eigenvalue weighted by molar-refractivity contribution is 9.10. The summed E-state index contributed by atoms with van der Waals surface area (Å²) in [4.78, 5) is 11.0. The first-order valence-electron chi connectivity index (χ1n) is 6.90. The molecule has 0 aliphatic carbocycles. The quantitative estimate of drug-likeness (QED) is 0.870. The first kappa shape index (κ1) is 14.5. The van der Waals surface area contributed by atoms with Crippen molar-refractivity contribution in [2.45, 2.75) is 32.2 Å². The van der Waals surface area contributed by atoms with Crippen molar-refractivity contribution in [3.63, 3.8) is 0 Å². The molecule has 2 heterocycles. The van der Waals surface area contributed by atoms with Gasteiger partial charge < -0.3 is 15.5 Å². The van der Waals surface area contributed by atoms with Crippen LogP contribution in [0.25, 0.3) is 0 Å². The maximum Gasteiger partial charge on any atom is 0.146 e. The van der Waals surface area contributed by atoms with E-state index >= 15 is 0 Å². The third-order valence-corrected chi connectivity index (χ3v) is 4.05. The topological polar surface area (TPSA) is 53.1 Å². The van der Waals surface area contributed by atoms with Gasteiger partial charge in [-0.25, -0.2) is 9.97 Å². The van der Waals surface area contributed by atoms with Crippen LogP contribution >= 0.6 is 15.9 Å². The first-order chi connectivity index (χ1) is 9.20. The lowest BCUT2D eigenvalue weighted by Gasteiger charge is -2.30. The van der Waals surface area contributed by atoms with Crippen molar-refractivity contribution in [2.75, 3.05) is 37.3 Å². The Labute approximate surface area is 123 Å². The highest BCUT2D eigenvalue weighted by Gasteiger charge is 2.19. The van der Waals surface area contributed by atoms with Gasteiger partial charge in [0.25, 0.3) is 0 Å². The second kappa shape index (κ2) is 7.05. The molecule has 1 fully saturated rings. The van der Waals surface area contributed by atoms with Crippen molar-refractivity contribution in [1.29, 1.82) is 0 Å². The fourth-order valence-electron chi connectivity index (χ4n) is 2.31. The molecule has 5 nitrogen and oxygen atoms in total. The van der Waals surface area contributed by atoms with Gasteiger partial charge in [0, 0.05) is 19.1 Å². The van der Waals surface area contributed by atoms with Crippen LogP contribution in [0.4, 0.5) is 11.6 Å². The summed E-state index contributed by atoms with van der Waals surface area (Å²) in [6, 6.07) is 0.462. The number of likely N-dealkylation sites (N-methyl/N-ethyl adjacent to an activating group) is 1. The molecule has 1 aromatic heterocycles. The molecule has 0 radical (unpaired) electrons. The SMILES string of the molecule is CCCNc1ncnc(NC2CCCN(C)C2)c1Br. The fourth-order valence-corrected chi connectivity index (χ4v) is 2.77. The molecule has 1 saturated heterocycles. The molecule has 0 spiro atoms. The Hall–Kier alpha value is -0.880. The van der Waals surface area contributed by atoms with E-state index in [-0.39, 0.29) is 0 Å². The number of halogens is 1. The zero-order valence-electron chi connectivity index (χ0n) is 11.6. The van der Waals surface area contributed by atoms with E-state index in [0.29, 0.717) is 6.04 Å². The molecular formula is C13H22BrN5. The van der Waals surface area contributed by atoms with Crippen LogP contribution in [0.1, 0.15) is 26.2 Å². The highest BCUT2D eigenvalue weighted by atomic mass is 79.9. The van der Waals surface area contributed by atoms with E-state index in [1.54, 1.807) is 6.33 Å². The Bertz CT molecular complexity index is 412. The zero-order valence-corrected chi connectivity index (χ0v) is 13.2. The lowest BCUT2D eigenvalue weighted by molar-refractivity contribution is 0.260. The van der Waals surface area contributed by atoms with Gasteiger partial charge in [0.1, 0.15) is 22.4 Å². The first-order valence-corrected chi connectivity index (χ1v) is 7.69. The summed E-state index contributed by atoms with van der Waals surface area (Å²) >= 11 is 3.59. The second-order valence-electron chi connectivity index (χ2n) is 5.06. The number of likely N-dealkylation sites (tertiary alicyclic amines) is 1. The third kappa shape index (κ3) is 4.04. The van der Waals surface area contributed by atoms with E-state index in [4.69, 9.17) is 0 Å². The van der Waals surface area contributed by atoms with Crippen molar-refractivity contribution >= 4 is 27.6 Å². The van der Waals surface area contributed by atoms with Crippen LogP contribution < -0.4 is 10.6 Å². The lowest BCUT2D eigenvalue weighted by Crippen LogP contribution is -2.40. The minimum atomic E-state index is 0.462. The molecule has 1 aliphatic rings. The number of anilines is 2. The smallest absolute Gasteiger partial charge is 0.146 e. The summed E-state index contributed by atoms with van der Waals surface area (Å²) in [5, 5.41) is 6.82. The molecule has 1 aliphatic heterocycles. The summed E-state index contributed by atoms with van der Waals surface area (Å²) < 4.78 is 0.927. The molecule has 0 amide bonds. The molecular weight excluding hydrogens is 306 g/mol. The summed E-state index contributed by atoms with van der Waals surface area (Å²) in [7, 11) is 2.16. The molecule has 2 rings (SSSR count). The minimum Gasteiger partial charge on any atom is -0.369 e. The number of hydrogen-bond donors (Lipinski definition) is 2. The van der Waals surface area contributed by atoms with Crippen LogP contribution in [-0.4, -0.2) is 47.6 Å². The van der Waals surface area contributed by atoms with Gasteiger partial charge in [0.05, 0.1) is 0 Å². The number of piperidine rings is 1. The highest BCUT2D eigenvalue weighted by Crippen LogP contribution is 2.27. The van der Waals surface area contributed by atoms with Crippen LogP contribution in [0.5, 0.6) is 0 Å². The zero-order chi connectivity index (χ0) is 13.7. The molecule has 106 valence electrons. The number of nitrogens with zero attached hydrogens (tertiary/aromatic N) is 3. The average Bonchev–Trinajstić information content (AvgIpc) is 2.40. The van der Waals surface area contributed by atoms with Gasteiger partial charge in [-0.2, -0.15) is 0 Å². The van der Waals surface area contributed by atoms with Gasteiger partial charge >= 0.3 is 0 Å². The van der Waals surface area contributed by atoms with Crippen molar-refractivity contribution in [3.05, 3.63) is 10.8 Å². The number of nitrogens with one attached hydrogen (secondary N) is 2. The summed E-state index contributed by atoms with van der Waals surface area (Å²) in [5.41, 5.74) is 0. The molecule has 0 saturated carbocycles. The predicted octanol–water partition coefficient (Wildman–Crippen LogP) is 2.57. The maximum absolute atomic E-state index is 4.34. The monoisotopic (exact) mass is 327 g/mol. The van der Waals surface area contributed by atoms with Gasteiger partial charge in [0.15, 0.2) is 0 Å². The molecule has 2 N–H and O–H groups in total. The molecule has 6 heteroatoms. The molecule has 1 atom stereocenters. The van der Waals surface area contributed by atoms with Gasteiger partial charge in [0.2, 0.25) is 0 Å². The predicted molar refractivity (Wildman–Crippen MR) is 82.7 cm³/mol. The number of aromatic nitrogens is 2. The minimum absolute atomic E-state index is 0.462.